The van der Waals surface area contributed by atoms with Crippen molar-refractivity contribution in [1.82, 2.24) is 10.3 Å². The molecule has 1 aromatic carbocycles. The van der Waals surface area contributed by atoms with E-state index in [4.69, 9.17) is 4.74 Å². The fourth-order valence-electron chi connectivity index (χ4n) is 2.25. The molecule has 0 aliphatic carbocycles. The minimum Gasteiger partial charge on any atom is -0.496 e. The standard InChI is InChI=1S/C17H20N2O2/c1-12-4-5-16(21-3)15(10-12)11-17(20)19-13(2)14-6-8-18-9-7-14/h4-10,13H,11H2,1-3H3,(H,19,20)/t13-/m1/s1. The second-order valence-corrected chi connectivity index (χ2v) is 5.06. The van der Waals surface area contributed by atoms with Gasteiger partial charge in [0.1, 0.15) is 5.75 Å². The highest BCUT2D eigenvalue weighted by molar-refractivity contribution is 5.79. The number of rotatable bonds is 5. The maximum Gasteiger partial charge on any atom is 0.225 e. The summed E-state index contributed by atoms with van der Waals surface area (Å²) >= 11 is 0. The van der Waals surface area contributed by atoms with E-state index in [-0.39, 0.29) is 11.9 Å². The van der Waals surface area contributed by atoms with Crippen LogP contribution in [0.25, 0.3) is 0 Å². The van der Waals surface area contributed by atoms with Crippen molar-refractivity contribution in [1.29, 1.82) is 0 Å². The van der Waals surface area contributed by atoms with E-state index in [9.17, 15) is 4.79 Å². The van der Waals surface area contributed by atoms with Crippen LogP contribution in [0.3, 0.4) is 0 Å². The van der Waals surface area contributed by atoms with E-state index in [1.165, 1.54) is 0 Å². The number of pyridine rings is 1. The predicted molar refractivity (Wildman–Crippen MR) is 82.2 cm³/mol. The normalized spacial score (nSPS) is 11.8. The number of methoxy groups -OCH3 is 1. The number of nitrogens with one attached hydrogen (secondary N) is 1. The molecule has 0 aliphatic rings. The summed E-state index contributed by atoms with van der Waals surface area (Å²) in [6.07, 6.45) is 3.75. The number of nitrogens with zero attached hydrogens (tertiary/aromatic N) is 1. The van der Waals surface area contributed by atoms with Gasteiger partial charge in [-0.2, -0.15) is 0 Å². The highest BCUT2D eigenvalue weighted by Crippen LogP contribution is 2.20. The number of aromatic nitrogens is 1. The Hall–Kier alpha value is -2.36. The zero-order chi connectivity index (χ0) is 15.2. The lowest BCUT2D eigenvalue weighted by molar-refractivity contribution is -0.121. The molecule has 4 heteroatoms. The molecule has 0 bridgehead atoms. The Bertz CT molecular complexity index is 611. The third kappa shape index (κ3) is 4.05. The maximum atomic E-state index is 12.2. The van der Waals surface area contributed by atoms with Gasteiger partial charge in [0.05, 0.1) is 19.6 Å². The summed E-state index contributed by atoms with van der Waals surface area (Å²) in [5.41, 5.74) is 3.05. The van der Waals surface area contributed by atoms with Crippen molar-refractivity contribution in [3.63, 3.8) is 0 Å². The van der Waals surface area contributed by atoms with Crippen LogP contribution >= 0.6 is 0 Å². The van der Waals surface area contributed by atoms with Gasteiger partial charge in [-0.1, -0.05) is 17.7 Å². The summed E-state index contributed by atoms with van der Waals surface area (Å²) in [5.74, 6) is 0.718. The average Bonchev–Trinajstić information content (AvgIpc) is 2.48. The lowest BCUT2D eigenvalue weighted by atomic mass is 10.1. The molecule has 0 unspecified atom stereocenters. The van der Waals surface area contributed by atoms with Crippen LogP contribution in [0.4, 0.5) is 0 Å². The number of hydrogen-bond acceptors (Lipinski definition) is 3. The molecule has 21 heavy (non-hydrogen) atoms. The largest absolute Gasteiger partial charge is 0.496 e. The molecule has 0 saturated carbocycles. The summed E-state index contributed by atoms with van der Waals surface area (Å²) < 4.78 is 5.30. The number of aryl methyl sites for hydroxylation is 1. The summed E-state index contributed by atoms with van der Waals surface area (Å²) in [6.45, 7) is 3.96. The van der Waals surface area contributed by atoms with Gasteiger partial charge in [0.15, 0.2) is 0 Å². The zero-order valence-electron chi connectivity index (χ0n) is 12.6. The van der Waals surface area contributed by atoms with Crippen LogP contribution in [0.1, 0.15) is 29.7 Å². The van der Waals surface area contributed by atoms with Crippen molar-refractivity contribution in [2.45, 2.75) is 26.3 Å². The molecule has 0 saturated heterocycles. The molecule has 2 rings (SSSR count). The van der Waals surface area contributed by atoms with Gasteiger partial charge >= 0.3 is 0 Å². The van der Waals surface area contributed by atoms with E-state index < -0.39 is 0 Å². The Morgan fingerprint density at radius 1 is 1.29 bits per heavy atom. The monoisotopic (exact) mass is 284 g/mol. The molecule has 1 N–H and O–H groups in total. The maximum absolute atomic E-state index is 12.2. The van der Waals surface area contributed by atoms with Crippen LogP contribution in [-0.4, -0.2) is 18.0 Å². The molecule has 4 nitrogen and oxygen atoms in total. The Kier molecular flexibility index (Phi) is 4.93. The molecular weight excluding hydrogens is 264 g/mol. The predicted octanol–water partition coefficient (Wildman–Crippen LogP) is 2.82. The van der Waals surface area contributed by atoms with Gasteiger partial charge in [-0.25, -0.2) is 0 Å². The van der Waals surface area contributed by atoms with Gasteiger partial charge in [0.25, 0.3) is 0 Å². The minimum atomic E-state index is -0.0451. The van der Waals surface area contributed by atoms with Gasteiger partial charge in [-0.05, 0) is 37.6 Å². The molecule has 1 amide bonds. The van der Waals surface area contributed by atoms with Crippen LogP contribution in [-0.2, 0) is 11.2 Å². The number of amides is 1. The fraction of sp³-hybridized carbons (Fsp3) is 0.294. The van der Waals surface area contributed by atoms with Crippen LogP contribution in [0, 0.1) is 6.92 Å². The quantitative estimate of drug-likeness (QED) is 0.918. The van der Waals surface area contributed by atoms with Gasteiger partial charge in [-0.3, -0.25) is 9.78 Å². The number of hydrogen-bond donors (Lipinski definition) is 1. The van der Waals surface area contributed by atoms with E-state index in [2.05, 4.69) is 10.3 Å². The summed E-state index contributed by atoms with van der Waals surface area (Å²) in [7, 11) is 1.62. The molecule has 0 aliphatic heterocycles. The Balaban J connectivity index is 2.04. The Morgan fingerprint density at radius 2 is 2.00 bits per heavy atom. The van der Waals surface area contributed by atoms with E-state index in [1.54, 1.807) is 19.5 Å². The SMILES string of the molecule is COc1ccc(C)cc1CC(=O)N[C@H](C)c1ccncc1. The first-order valence-corrected chi connectivity index (χ1v) is 6.93. The Morgan fingerprint density at radius 3 is 2.67 bits per heavy atom. The first kappa shape index (κ1) is 15.0. The number of carbonyl (C=O) groups is 1. The van der Waals surface area contributed by atoms with Crippen molar-refractivity contribution in [3.05, 3.63) is 59.4 Å². The number of ether oxygens (including phenoxy) is 1. The summed E-state index contributed by atoms with van der Waals surface area (Å²) in [4.78, 5) is 16.2. The second kappa shape index (κ2) is 6.88. The van der Waals surface area contributed by atoms with E-state index in [0.717, 1.165) is 22.4 Å². The molecule has 0 radical (unpaired) electrons. The first-order valence-electron chi connectivity index (χ1n) is 6.93. The van der Waals surface area contributed by atoms with Gasteiger partial charge in [0.2, 0.25) is 5.91 Å². The lowest BCUT2D eigenvalue weighted by Crippen LogP contribution is -2.28. The first-order chi connectivity index (χ1) is 10.1. The average molecular weight is 284 g/mol. The molecule has 1 aromatic heterocycles. The smallest absolute Gasteiger partial charge is 0.225 e. The van der Waals surface area contributed by atoms with Gasteiger partial charge < -0.3 is 10.1 Å². The highest BCUT2D eigenvalue weighted by Gasteiger charge is 2.12. The van der Waals surface area contributed by atoms with Crippen molar-refractivity contribution in [2.24, 2.45) is 0 Å². The molecule has 110 valence electrons. The van der Waals surface area contributed by atoms with Crippen LogP contribution in [0.5, 0.6) is 5.75 Å². The van der Waals surface area contributed by atoms with Crippen molar-refractivity contribution in [3.8, 4) is 5.75 Å². The van der Waals surface area contributed by atoms with Crippen LogP contribution < -0.4 is 10.1 Å². The van der Waals surface area contributed by atoms with Gasteiger partial charge in [-0.15, -0.1) is 0 Å². The third-order valence-electron chi connectivity index (χ3n) is 3.37. The molecule has 0 fully saturated rings. The number of benzene rings is 1. The van der Waals surface area contributed by atoms with Crippen LogP contribution in [0.15, 0.2) is 42.7 Å². The molecule has 2 aromatic rings. The van der Waals surface area contributed by atoms with Crippen molar-refractivity contribution in [2.75, 3.05) is 7.11 Å². The number of carbonyl (C=O) groups excluding carboxylic acids is 1. The second-order valence-electron chi connectivity index (χ2n) is 5.06. The molecular formula is C17H20N2O2. The van der Waals surface area contributed by atoms with E-state index in [1.807, 2.05) is 44.2 Å². The zero-order valence-corrected chi connectivity index (χ0v) is 12.6. The third-order valence-corrected chi connectivity index (χ3v) is 3.37. The van der Waals surface area contributed by atoms with Crippen molar-refractivity contribution >= 4 is 5.91 Å². The fourth-order valence-corrected chi connectivity index (χ4v) is 2.25. The molecule has 0 spiro atoms. The molecule has 1 atom stereocenters. The summed E-state index contributed by atoms with van der Waals surface area (Å²) in [5, 5.41) is 2.99. The van der Waals surface area contributed by atoms with Crippen LogP contribution in [0.2, 0.25) is 0 Å². The summed E-state index contributed by atoms with van der Waals surface area (Å²) in [6, 6.07) is 9.60. The molecule has 1 heterocycles. The lowest BCUT2D eigenvalue weighted by Gasteiger charge is -2.15. The Labute approximate surface area is 125 Å². The van der Waals surface area contributed by atoms with Gasteiger partial charge in [0, 0.05) is 18.0 Å². The van der Waals surface area contributed by atoms with E-state index >= 15 is 0 Å². The minimum absolute atomic E-state index is 0.0248. The van der Waals surface area contributed by atoms with Crippen molar-refractivity contribution < 1.29 is 9.53 Å². The topological polar surface area (TPSA) is 51.2 Å². The van der Waals surface area contributed by atoms with E-state index in [0.29, 0.717) is 6.42 Å². The highest BCUT2D eigenvalue weighted by atomic mass is 16.5.